The van der Waals surface area contributed by atoms with Crippen LogP contribution in [0.1, 0.15) is 36.7 Å². The zero-order chi connectivity index (χ0) is 25.9. The third kappa shape index (κ3) is 7.85. The van der Waals surface area contributed by atoms with E-state index < -0.39 is 0 Å². The number of ether oxygens (including phenoxy) is 3. The number of rotatable bonds is 14. The molecule has 196 valence electrons. The van der Waals surface area contributed by atoms with Gasteiger partial charge < -0.3 is 28.4 Å². The van der Waals surface area contributed by atoms with Crippen LogP contribution in [0.3, 0.4) is 0 Å². The minimum Gasteiger partial charge on any atom is -0.467 e. The maximum Gasteiger partial charge on any atom is 0.242 e. The average molecular weight is 507 g/mol. The lowest BCUT2D eigenvalue weighted by Gasteiger charge is -2.27. The highest BCUT2D eigenvalue weighted by Gasteiger charge is 2.23. The number of furan rings is 1. The molecule has 2 heterocycles. The zero-order valence-electron chi connectivity index (χ0n) is 21.3. The molecule has 8 nitrogen and oxygen atoms in total. The Morgan fingerprint density at radius 3 is 2.51 bits per heavy atom. The Morgan fingerprint density at radius 1 is 0.892 bits per heavy atom. The smallest absolute Gasteiger partial charge is 0.242 e. The summed E-state index contributed by atoms with van der Waals surface area (Å²) in [6, 6.07) is 19.2. The van der Waals surface area contributed by atoms with Crippen LogP contribution >= 0.6 is 0 Å². The number of hydrogen-bond donors (Lipinski definition) is 0. The summed E-state index contributed by atoms with van der Waals surface area (Å²) in [5, 5.41) is 0. The molecule has 0 spiro atoms. The number of hydrogen-bond acceptors (Lipinski definition) is 6. The number of nitrogens with zero attached hydrogens (tertiary/aromatic N) is 2. The standard InChI is InChI=1S/C29H34N2O6/c1-2-34-16-7-15-30(28(32)14-12-23-8-4-3-5-9-23)21-29(33)31(20-25-10-6-17-35-25)19-24-11-13-26-27(18-24)37-22-36-26/h3-6,8-11,13,17-18H,2,7,12,14-16,19-22H2,1H3. The van der Waals surface area contributed by atoms with Crippen molar-refractivity contribution in [3.63, 3.8) is 0 Å². The first-order chi connectivity index (χ1) is 18.1. The lowest BCUT2D eigenvalue weighted by molar-refractivity contribution is -0.141. The van der Waals surface area contributed by atoms with E-state index in [1.165, 1.54) is 0 Å². The van der Waals surface area contributed by atoms with Crippen molar-refractivity contribution in [2.75, 3.05) is 33.1 Å². The van der Waals surface area contributed by atoms with Crippen LogP contribution in [0, 0.1) is 0 Å². The third-order valence-electron chi connectivity index (χ3n) is 6.16. The molecule has 0 radical (unpaired) electrons. The zero-order valence-corrected chi connectivity index (χ0v) is 21.3. The summed E-state index contributed by atoms with van der Waals surface area (Å²) in [5.74, 6) is 1.83. The SMILES string of the molecule is CCOCCCN(CC(=O)N(Cc1ccc2c(c1)OCO2)Cc1ccco1)C(=O)CCc1ccccc1. The van der Waals surface area contributed by atoms with Crippen LogP contribution in [0.5, 0.6) is 11.5 Å². The van der Waals surface area contributed by atoms with E-state index in [1.54, 1.807) is 22.1 Å². The minimum absolute atomic E-state index is 0.00892. The second-order valence-corrected chi connectivity index (χ2v) is 8.87. The molecule has 2 aromatic carbocycles. The van der Waals surface area contributed by atoms with E-state index in [2.05, 4.69) is 0 Å². The Hall–Kier alpha value is -3.78. The van der Waals surface area contributed by atoms with Gasteiger partial charge in [0.2, 0.25) is 18.6 Å². The molecule has 0 unspecified atom stereocenters. The summed E-state index contributed by atoms with van der Waals surface area (Å²) in [7, 11) is 0. The predicted octanol–water partition coefficient (Wildman–Crippen LogP) is 4.43. The van der Waals surface area contributed by atoms with Gasteiger partial charge in [0, 0.05) is 32.7 Å². The van der Waals surface area contributed by atoms with Crippen molar-refractivity contribution in [3.05, 3.63) is 83.8 Å². The van der Waals surface area contributed by atoms with Gasteiger partial charge >= 0.3 is 0 Å². The first kappa shape index (κ1) is 26.3. The van der Waals surface area contributed by atoms with E-state index in [0.717, 1.165) is 11.1 Å². The van der Waals surface area contributed by atoms with Crippen molar-refractivity contribution < 1.29 is 28.2 Å². The average Bonchev–Trinajstić information content (AvgIpc) is 3.61. The summed E-state index contributed by atoms with van der Waals surface area (Å²) in [6.07, 6.45) is 3.22. The van der Waals surface area contributed by atoms with Crippen molar-refractivity contribution in [2.45, 2.75) is 39.3 Å². The summed E-state index contributed by atoms with van der Waals surface area (Å²) < 4.78 is 21.9. The van der Waals surface area contributed by atoms with Crippen molar-refractivity contribution >= 4 is 11.8 Å². The Morgan fingerprint density at radius 2 is 1.73 bits per heavy atom. The van der Waals surface area contributed by atoms with Crippen molar-refractivity contribution in [1.82, 2.24) is 9.80 Å². The molecule has 0 atom stereocenters. The number of benzene rings is 2. The van der Waals surface area contributed by atoms with E-state index in [-0.39, 0.29) is 25.2 Å². The lowest BCUT2D eigenvalue weighted by Crippen LogP contribution is -2.43. The van der Waals surface area contributed by atoms with Crippen LogP contribution in [-0.4, -0.2) is 54.7 Å². The molecule has 0 N–H and O–H groups in total. The second kappa shape index (κ2) is 13.5. The van der Waals surface area contributed by atoms with Crippen LogP contribution in [0.25, 0.3) is 0 Å². The molecule has 0 saturated heterocycles. The Balaban J connectivity index is 1.45. The highest BCUT2D eigenvalue weighted by molar-refractivity contribution is 5.85. The normalized spacial score (nSPS) is 11.9. The lowest BCUT2D eigenvalue weighted by atomic mass is 10.1. The fraction of sp³-hybridized carbons (Fsp3) is 0.379. The van der Waals surface area contributed by atoms with Gasteiger partial charge in [-0.3, -0.25) is 9.59 Å². The minimum atomic E-state index is -0.154. The molecule has 0 fully saturated rings. The van der Waals surface area contributed by atoms with Gasteiger partial charge in [0.1, 0.15) is 5.76 Å². The molecule has 4 rings (SSSR count). The van der Waals surface area contributed by atoms with Crippen LogP contribution in [0.4, 0.5) is 0 Å². The molecule has 2 amide bonds. The van der Waals surface area contributed by atoms with Crippen LogP contribution in [0.15, 0.2) is 71.3 Å². The third-order valence-corrected chi connectivity index (χ3v) is 6.16. The van der Waals surface area contributed by atoms with Crippen molar-refractivity contribution in [3.8, 4) is 11.5 Å². The summed E-state index contributed by atoms with van der Waals surface area (Å²) in [6.45, 7) is 4.38. The van der Waals surface area contributed by atoms with Gasteiger partial charge in [-0.15, -0.1) is 0 Å². The van der Waals surface area contributed by atoms with Crippen LogP contribution < -0.4 is 9.47 Å². The Kier molecular flexibility index (Phi) is 9.60. The summed E-state index contributed by atoms with van der Waals surface area (Å²) in [4.78, 5) is 30.2. The topological polar surface area (TPSA) is 81.5 Å². The quantitative estimate of drug-likeness (QED) is 0.301. The van der Waals surface area contributed by atoms with Gasteiger partial charge in [0.05, 0.1) is 19.4 Å². The van der Waals surface area contributed by atoms with Gasteiger partial charge in [-0.2, -0.15) is 0 Å². The molecule has 8 heteroatoms. The van der Waals surface area contributed by atoms with Gasteiger partial charge in [-0.25, -0.2) is 0 Å². The van der Waals surface area contributed by atoms with Crippen molar-refractivity contribution in [2.24, 2.45) is 0 Å². The molecule has 3 aromatic rings. The van der Waals surface area contributed by atoms with E-state index in [9.17, 15) is 9.59 Å². The first-order valence-corrected chi connectivity index (χ1v) is 12.7. The number of aryl methyl sites for hydroxylation is 1. The summed E-state index contributed by atoms with van der Waals surface area (Å²) >= 11 is 0. The van der Waals surface area contributed by atoms with E-state index in [1.807, 2.05) is 61.5 Å². The largest absolute Gasteiger partial charge is 0.467 e. The van der Waals surface area contributed by atoms with Crippen LogP contribution in [-0.2, 0) is 33.8 Å². The Bertz CT molecular complexity index is 1130. The number of fused-ring (bicyclic) bond motifs is 1. The second-order valence-electron chi connectivity index (χ2n) is 8.87. The molecule has 1 aliphatic rings. The van der Waals surface area contributed by atoms with Crippen molar-refractivity contribution in [1.29, 1.82) is 0 Å². The fourth-order valence-corrected chi connectivity index (χ4v) is 4.19. The molecule has 0 bridgehead atoms. The Labute approximate surface area is 217 Å². The van der Waals surface area contributed by atoms with Gasteiger partial charge in [-0.05, 0) is 55.2 Å². The number of carbonyl (C=O) groups is 2. The predicted molar refractivity (Wildman–Crippen MR) is 138 cm³/mol. The number of carbonyl (C=O) groups excluding carboxylic acids is 2. The maximum atomic E-state index is 13.6. The van der Waals surface area contributed by atoms with Crippen LogP contribution in [0.2, 0.25) is 0 Å². The molecule has 0 aliphatic carbocycles. The monoisotopic (exact) mass is 506 g/mol. The molecule has 0 saturated carbocycles. The van der Waals surface area contributed by atoms with Gasteiger partial charge in [0.25, 0.3) is 0 Å². The van der Waals surface area contributed by atoms with E-state index >= 15 is 0 Å². The molecular weight excluding hydrogens is 472 g/mol. The summed E-state index contributed by atoms with van der Waals surface area (Å²) in [5.41, 5.74) is 2.00. The molecule has 1 aliphatic heterocycles. The van der Waals surface area contributed by atoms with Gasteiger partial charge in [-0.1, -0.05) is 36.4 Å². The first-order valence-electron chi connectivity index (χ1n) is 12.7. The van der Waals surface area contributed by atoms with E-state index in [0.29, 0.717) is 69.4 Å². The van der Waals surface area contributed by atoms with E-state index in [4.69, 9.17) is 18.6 Å². The molecule has 37 heavy (non-hydrogen) atoms. The molecular formula is C29H34N2O6. The van der Waals surface area contributed by atoms with Gasteiger partial charge in [0.15, 0.2) is 11.5 Å². The highest BCUT2D eigenvalue weighted by Crippen LogP contribution is 2.33. The fourth-order valence-electron chi connectivity index (χ4n) is 4.19. The molecule has 1 aromatic heterocycles. The number of amides is 2. The highest BCUT2D eigenvalue weighted by atomic mass is 16.7. The maximum absolute atomic E-state index is 13.6.